The van der Waals surface area contributed by atoms with Crippen LogP contribution in [0.1, 0.15) is 23.4 Å². The van der Waals surface area contributed by atoms with E-state index in [4.69, 9.17) is 22.4 Å². The van der Waals surface area contributed by atoms with E-state index in [1.54, 1.807) is 0 Å². The summed E-state index contributed by atoms with van der Waals surface area (Å²) in [5.41, 5.74) is 1.05. The fourth-order valence-electron chi connectivity index (χ4n) is 1.50. The maximum atomic E-state index is 10.4. The molecule has 1 rings (SSSR count). The van der Waals surface area contributed by atoms with Crippen molar-refractivity contribution in [1.29, 1.82) is 0 Å². The quantitative estimate of drug-likeness (QED) is 0.769. The third-order valence-corrected chi connectivity index (χ3v) is 3.96. The van der Waals surface area contributed by atoms with Gasteiger partial charge in [-0.2, -0.15) is 0 Å². The van der Waals surface area contributed by atoms with Crippen LogP contribution in [0.3, 0.4) is 0 Å². The first-order valence-electron chi connectivity index (χ1n) is 5.08. The molecule has 1 aromatic rings. The number of carboxylic acid groups (broad SMARTS) is 1. The molecule has 0 saturated carbocycles. The molecule has 4 nitrogen and oxygen atoms in total. The third-order valence-electron chi connectivity index (χ3n) is 2.35. The van der Waals surface area contributed by atoms with Crippen molar-refractivity contribution in [2.75, 3.05) is 6.61 Å². The van der Waals surface area contributed by atoms with Crippen LogP contribution >= 0.6 is 23.6 Å². The molecule has 2 N–H and O–H groups in total. The number of hydrogen-bond acceptors (Lipinski definition) is 4. The van der Waals surface area contributed by atoms with Crippen molar-refractivity contribution < 1.29 is 15.0 Å². The summed E-state index contributed by atoms with van der Waals surface area (Å²) in [5.74, 6) is -0.782. The number of aliphatic carboxylic acids is 1. The molecule has 0 spiro atoms. The van der Waals surface area contributed by atoms with E-state index in [-0.39, 0.29) is 13.0 Å². The number of carboxylic acids is 1. The minimum Gasteiger partial charge on any atom is -0.481 e. The normalized spacial score (nSPS) is 10.6. The zero-order chi connectivity index (χ0) is 12.1. The van der Waals surface area contributed by atoms with E-state index in [0.717, 1.165) is 14.5 Å². The van der Waals surface area contributed by atoms with Gasteiger partial charge in [0.1, 0.15) is 0 Å². The van der Waals surface area contributed by atoms with Crippen LogP contribution in [0.2, 0.25) is 0 Å². The van der Waals surface area contributed by atoms with Crippen LogP contribution in [-0.4, -0.2) is 27.4 Å². The molecule has 1 heterocycles. The summed E-state index contributed by atoms with van der Waals surface area (Å²) < 4.78 is 2.71. The molecule has 0 aliphatic rings. The van der Waals surface area contributed by atoms with Crippen LogP contribution in [0.25, 0.3) is 0 Å². The monoisotopic (exact) mass is 261 g/mol. The maximum absolute atomic E-state index is 10.4. The lowest BCUT2D eigenvalue weighted by atomic mass is 10.3. The van der Waals surface area contributed by atoms with Gasteiger partial charge >= 0.3 is 5.97 Å². The first-order valence-corrected chi connectivity index (χ1v) is 6.30. The van der Waals surface area contributed by atoms with Gasteiger partial charge in [0.15, 0.2) is 3.95 Å². The van der Waals surface area contributed by atoms with Gasteiger partial charge in [-0.05, 0) is 25.6 Å². The van der Waals surface area contributed by atoms with Gasteiger partial charge in [-0.3, -0.25) is 4.79 Å². The van der Waals surface area contributed by atoms with Gasteiger partial charge in [0.2, 0.25) is 0 Å². The molecule has 0 amide bonds. The number of aliphatic hydroxyl groups is 1. The number of hydrogen-bond donors (Lipinski definition) is 2. The smallest absolute Gasteiger partial charge is 0.303 e. The first kappa shape index (κ1) is 13.3. The second-order valence-electron chi connectivity index (χ2n) is 3.50. The summed E-state index contributed by atoms with van der Waals surface area (Å²) in [4.78, 5) is 11.5. The van der Waals surface area contributed by atoms with Gasteiger partial charge in [0.05, 0.1) is 0 Å². The Morgan fingerprint density at radius 3 is 2.81 bits per heavy atom. The number of thiazole rings is 1. The minimum atomic E-state index is -0.782. The number of carbonyl (C=O) groups is 1. The molecule has 0 aliphatic heterocycles. The Morgan fingerprint density at radius 2 is 2.25 bits per heavy atom. The van der Waals surface area contributed by atoms with Crippen molar-refractivity contribution in [3.8, 4) is 0 Å². The predicted octanol–water partition coefficient (Wildman–Crippen LogP) is 1.99. The summed E-state index contributed by atoms with van der Waals surface area (Å²) in [5, 5.41) is 17.4. The lowest BCUT2D eigenvalue weighted by Crippen LogP contribution is -2.04. The summed E-state index contributed by atoms with van der Waals surface area (Å²) in [7, 11) is 0. The number of aliphatic hydroxyl groups excluding tert-OH is 1. The molecule has 16 heavy (non-hydrogen) atoms. The number of rotatable bonds is 6. The van der Waals surface area contributed by atoms with E-state index in [2.05, 4.69) is 0 Å². The third kappa shape index (κ3) is 3.40. The van der Waals surface area contributed by atoms with Gasteiger partial charge in [-0.25, -0.2) is 0 Å². The second-order valence-corrected chi connectivity index (χ2v) is 5.23. The van der Waals surface area contributed by atoms with E-state index < -0.39 is 5.97 Å². The van der Waals surface area contributed by atoms with E-state index in [1.807, 2.05) is 11.5 Å². The molecular formula is C10H15NO3S2. The van der Waals surface area contributed by atoms with E-state index in [0.29, 0.717) is 19.4 Å². The Labute approximate surface area is 103 Å². The Hall–Kier alpha value is -0.720. The second kappa shape index (κ2) is 6.12. The molecule has 0 aromatic carbocycles. The van der Waals surface area contributed by atoms with Crippen LogP contribution < -0.4 is 0 Å². The molecule has 6 heteroatoms. The van der Waals surface area contributed by atoms with Crippen LogP contribution in [0.15, 0.2) is 0 Å². The van der Waals surface area contributed by atoms with Crippen LogP contribution in [0.5, 0.6) is 0 Å². The zero-order valence-electron chi connectivity index (χ0n) is 9.10. The average molecular weight is 261 g/mol. The Morgan fingerprint density at radius 1 is 1.56 bits per heavy atom. The highest BCUT2D eigenvalue weighted by atomic mass is 32.1. The highest BCUT2D eigenvalue weighted by molar-refractivity contribution is 7.73. The fourth-order valence-corrected chi connectivity index (χ4v) is 3.03. The lowest BCUT2D eigenvalue weighted by Gasteiger charge is -2.05. The first-order chi connectivity index (χ1) is 7.56. The van der Waals surface area contributed by atoms with Crippen molar-refractivity contribution in [3.05, 3.63) is 14.5 Å². The lowest BCUT2D eigenvalue weighted by molar-refractivity contribution is -0.137. The Kier molecular flexibility index (Phi) is 5.11. The molecule has 0 unspecified atom stereocenters. The summed E-state index contributed by atoms with van der Waals surface area (Å²) >= 11 is 6.70. The van der Waals surface area contributed by atoms with Crippen molar-refractivity contribution in [1.82, 2.24) is 4.57 Å². The van der Waals surface area contributed by atoms with E-state index in [9.17, 15) is 4.79 Å². The molecule has 0 radical (unpaired) electrons. The van der Waals surface area contributed by atoms with Crippen LogP contribution in [0, 0.1) is 10.9 Å². The van der Waals surface area contributed by atoms with E-state index in [1.165, 1.54) is 11.3 Å². The molecular weight excluding hydrogens is 246 g/mol. The average Bonchev–Trinajstić information content (AvgIpc) is 2.45. The molecule has 0 saturated heterocycles. The Balaban J connectivity index is 2.72. The fraction of sp³-hybridized carbons (Fsp3) is 0.600. The molecule has 1 aromatic heterocycles. The van der Waals surface area contributed by atoms with Crippen molar-refractivity contribution in [2.24, 2.45) is 0 Å². The SMILES string of the molecule is Cc1c(CCO)sc(=S)n1CCCC(=O)O. The van der Waals surface area contributed by atoms with Crippen molar-refractivity contribution >= 4 is 29.5 Å². The Bertz CT molecular complexity index is 422. The number of nitrogens with zero attached hydrogens (tertiary/aromatic N) is 1. The standard InChI is InChI=1S/C10H15NO3S2/c1-7-8(4-6-12)16-10(15)11(7)5-2-3-9(13)14/h12H,2-6H2,1H3,(H,13,14). The molecule has 0 atom stereocenters. The predicted molar refractivity (Wildman–Crippen MR) is 65.5 cm³/mol. The van der Waals surface area contributed by atoms with Gasteiger partial charge in [-0.15, -0.1) is 11.3 Å². The molecule has 90 valence electrons. The van der Waals surface area contributed by atoms with Gasteiger partial charge < -0.3 is 14.8 Å². The highest BCUT2D eigenvalue weighted by Crippen LogP contribution is 2.20. The van der Waals surface area contributed by atoms with Gasteiger partial charge in [0.25, 0.3) is 0 Å². The van der Waals surface area contributed by atoms with Crippen LogP contribution in [-0.2, 0) is 17.8 Å². The summed E-state index contributed by atoms with van der Waals surface area (Å²) in [6.45, 7) is 2.71. The molecule has 0 aliphatic carbocycles. The molecule has 0 fully saturated rings. The largest absolute Gasteiger partial charge is 0.481 e. The van der Waals surface area contributed by atoms with Crippen molar-refractivity contribution in [3.63, 3.8) is 0 Å². The summed E-state index contributed by atoms with van der Waals surface area (Å²) in [6, 6.07) is 0. The van der Waals surface area contributed by atoms with Crippen molar-refractivity contribution in [2.45, 2.75) is 32.7 Å². The number of aromatic nitrogens is 1. The van der Waals surface area contributed by atoms with E-state index >= 15 is 0 Å². The topological polar surface area (TPSA) is 62.5 Å². The highest BCUT2D eigenvalue weighted by Gasteiger charge is 2.08. The summed E-state index contributed by atoms with van der Waals surface area (Å²) in [6.07, 6.45) is 1.36. The van der Waals surface area contributed by atoms with Crippen LogP contribution in [0.4, 0.5) is 0 Å². The molecule has 0 bridgehead atoms. The van der Waals surface area contributed by atoms with Gasteiger partial charge in [0, 0.05) is 36.6 Å². The van der Waals surface area contributed by atoms with Gasteiger partial charge in [-0.1, -0.05) is 0 Å². The zero-order valence-corrected chi connectivity index (χ0v) is 10.7. The minimum absolute atomic E-state index is 0.116. The maximum Gasteiger partial charge on any atom is 0.303 e.